The summed E-state index contributed by atoms with van der Waals surface area (Å²) >= 11 is 2.99. The molecule has 148 valence electrons. The molecule has 0 fully saturated rings. The molecule has 1 amide bonds. The van der Waals surface area contributed by atoms with Gasteiger partial charge in [0.1, 0.15) is 0 Å². The first-order valence-corrected chi connectivity index (χ1v) is 10.7. The summed E-state index contributed by atoms with van der Waals surface area (Å²) in [6.45, 7) is 5.69. The van der Waals surface area contributed by atoms with Crippen LogP contribution in [0.1, 0.15) is 16.0 Å². The average Bonchev–Trinajstić information content (AvgIpc) is 3.35. The highest BCUT2D eigenvalue weighted by Gasteiger charge is 2.18. The summed E-state index contributed by atoms with van der Waals surface area (Å²) in [4.78, 5) is 15.8. The fourth-order valence-electron chi connectivity index (χ4n) is 2.85. The summed E-state index contributed by atoms with van der Waals surface area (Å²) in [7, 11) is 1.64. The van der Waals surface area contributed by atoms with Gasteiger partial charge in [-0.25, -0.2) is 0 Å². The third-order valence-corrected chi connectivity index (χ3v) is 6.03. The van der Waals surface area contributed by atoms with Crippen LogP contribution in [-0.2, 0) is 16.1 Å². The first-order chi connectivity index (χ1) is 13.6. The van der Waals surface area contributed by atoms with E-state index in [9.17, 15) is 4.79 Å². The number of amides is 1. The summed E-state index contributed by atoms with van der Waals surface area (Å²) in [5.41, 5.74) is 3.12. The number of hydrogen-bond donors (Lipinski definition) is 0. The van der Waals surface area contributed by atoms with Crippen LogP contribution in [0.2, 0.25) is 0 Å². The van der Waals surface area contributed by atoms with Crippen molar-refractivity contribution in [2.24, 2.45) is 0 Å². The number of hydrogen-bond acceptors (Lipinski definition) is 7. The Hall–Kier alpha value is -2.23. The van der Waals surface area contributed by atoms with E-state index in [4.69, 9.17) is 4.74 Å². The number of thiophene rings is 1. The lowest BCUT2D eigenvalue weighted by Gasteiger charge is -2.21. The Kier molecular flexibility index (Phi) is 7.18. The van der Waals surface area contributed by atoms with Crippen LogP contribution in [0.4, 0.5) is 0 Å². The van der Waals surface area contributed by atoms with Crippen LogP contribution in [0, 0.1) is 13.8 Å². The van der Waals surface area contributed by atoms with Crippen LogP contribution in [0.3, 0.4) is 0 Å². The number of nitrogens with zero attached hydrogens (tertiary/aromatic N) is 5. The number of carbonyl (C=O) groups excluding carboxylic acids is 1. The molecule has 2 aromatic heterocycles. The molecule has 9 heteroatoms. The molecule has 0 atom stereocenters. The standard InChI is InChI=1S/C19H23N5O2S2/c1-14-6-4-7-15(2)18(14)24-19(20-21-22-24)28-13-17(25)23(9-10-26-3)12-16-8-5-11-27-16/h4-8,11H,9-10,12-13H2,1-3H3. The van der Waals surface area contributed by atoms with Gasteiger partial charge >= 0.3 is 0 Å². The van der Waals surface area contributed by atoms with Crippen molar-refractivity contribution in [2.75, 3.05) is 26.0 Å². The first kappa shape index (κ1) is 20.5. The number of thioether (sulfide) groups is 1. The molecular formula is C19H23N5O2S2. The third-order valence-electron chi connectivity index (χ3n) is 4.26. The number of benzene rings is 1. The Morgan fingerprint density at radius 1 is 1.25 bits per heavy atom. The number of carbonyl (C=O) groups is 1. The molecule has 0 radical (unpaired) electrons. The van der Waals surface area contributed by atoms with Crippen LogP contribution in [0.15, 0.2) is 40.9 Å². The summed E-state index contributed by atoms with van der Waals surface area (Å²) in [6.07, 6.45) is 0. The maximum absolute atomic E-state index is 12.8. The molecule has 2 heterocycles. The van der Waals surface area contributed by atoms with Crippen molar-refractivity contribution in [1.82, 2.24) is 25.1 Å². The van der Waals surface area contributed by atoms with E-state index in [1.54, 1.807) is 23.1 Å². The van der Waals surface area contributed by atoms with Crippen molar-refractivity contribution < 1.29 is 9.53 Å². The number of aryl methyl sites for hydroxylation is 2. The van der Waals surface area contributed by atoms with Crippen molar-refractivity contribution in [2.45, 2.75) is 25.5 Å². The molecule has 7 nitrogen and oxygen atoms in total. The maximum Gasteiger partial charge on any atom is 0.233 e. The summed E-state index contributed by atoms with van der Waals surface area (Å²) in [5, 5.41) is 14.7. The summed E-state index contributed by atoms with van der Waals surface area (Å²) < 4.78 is 6.87. The number of aromatic nitrogens is 4. The highest BCUT2D eigenvalue weighted by molar-refractivity contribution is 7.99. The second-order valence-electron chi connectivity index (χ2n) is 6.29. The number of methoxy groups -OCH3 is 1. The van der Waals surface area contributed by atoms with E-state index >= 15 is 0 Å². The van der Waals surface area contributed by atoms with E-state index in [0.717, 1.165) is 21.7 Å². The Bertz CT molecular complexity index is 891. The summed E-state index contributed by atoms with van der Waals surface area (Å²) in [5.74, 6) is 0.298. The molecule has 0 saturated heterocycles. The third kappa shape index (κ3) is 4.98. The van der Waals surface area contributed by atoms with Crippen molar-refractivity contribution in [3.05, 3.63) is 51.7 Å². The minimum Gasteiger partial charge on any atom is -0.383 e. The van der Waals surface area contributed by atoms with Crippen molar-refractivity contribution >= 4 is 29.0 Å². The molecule has 0 N–H and O–H groups in total. The Balaban J connectivity index is 1.71. The molecule has 0 bridgehead atoms. The number of rotatable bonds is 9. The first-order valence-electron chi connectivity index (χ1n) is 8.87. The van der Waals surface area contributed by atoms with Crippen LogP contribution in [0.5, 0.6) is 0 Å². The molecule has 0 aliphatic heterocycles. The second kappa shape index (κ2) is 9.81. The fourth-order valence-corrected chi connectivity index (χ4v) is 4.35. The smallest absolute Gasteiger partial charge is 0.233 e. The monoisotopic (exact) mass is 417 g/mol. The van der Waals surface area contributed by atoms with Gasteiger partial charge in [-0.1, -0.05) is 36.0 Å². The molecule has 0 spiro atoms. The lowest BCUT2D eigenvalue weighted by atomic mass is 10.1. The number of para-hydroxylation sites is 1. The van der Waals surface area contributed by atoms with E-state index in [0.29, 0.717) is 24.9 Å². The molecular weight excluding hydrogens is 394 g/mol. The van der Waals surface area contributed by atoms with E-state index < -0.39 is 0 Å². The predicted molar refractivity (Wildman–Crippen MR) is 111 cm³/mol. The van der Waals surface area contributed by atoms with Gasteiger partial charge in [0.15, 0.2) is 0 Å². The van der Waals surface area contributed by atoms with E-state index in [-0.39, 0.29) is 11.7 Å². The van der Waals surface area contributed by atoms with Gasteiger partial charge in [0, 0.05) is 18.5 Å². The predicted octanol–water partition coefficient (Wildman–Crippen LogP) is 3.11. The largest absolute Gasteiger partial charge is 0.383 e. The average molecular weight is 418 g/mol. The van der Waals surface area contributed by atoms with Crippen LogP contribution in [0.25, 0.3) is 5.69 Å². The molecule has 28 heavy (non-hydrogen) atoms. The molecule has 1 aromatic carbocycles. The van der Waals surface area contributed by atoms with Gasteiger partial charge in [0.05, 0.1) is 24.6 Å². The molecule has 0 aliphatic rings. The normalized spacial score (nSPS) is 11.0. The Morgan fingerprint density at radius 2 is 2.04 bits per heavy atom. The van der Waals surface area contributed by atoms with Crippen molar-refractivity contribution in [3.63, 3.8) is 0 Å². The molecule has 3 aromatic rings. The van der Waals surface area contributed by atoms with Crippen LogP contribution < -0.4 is 0 Å². The SMILES string of the molecule is COCCN(Cc1cccs1)C(=O)CSc1nnnn1-c1c(C)cccc1C. The fraction of sp³-hybridized carbons (Fsp3) is 0.368. The Morgan fingerprint density at radius 3 is 2.71 bits per heavy atom. The van der Waals surface area contributed by atoms with Gasteiger partial charge < -0.3 is 9.64 Å². The quantitative estimate of drug-likeness (QED) is 0.498. The van der Waals surface area contributed by atoms with E-state index in [1.807, 2.05) is 54.5 Å². The highest BCUT2D eigenvalue weighted by Crippen LogP contribution is 2.24. The van der Waals surface area contributed by atoms with Crippen molar-refractivity contribution in [3.8, 4) is 5.69 Å². The van der Waals surface area contributed by atoms with E-state index in [1.165, 1.54) is 11.8 Å². The minimum atomic E-state index is 0.0338. The highest BCUT2D eigenvalue weighted by atomic mass is 32.2. The van der Waals surface area contributed by atoms with Gasteiger partial charge in [-0.2, -0.15) is 4.68 Å². The number of ether oxygens (including phenoxy) is 1. The van der Waals surface area contributed by atoms with Gasteiger partial charge in [-0.15, -0.1) is 16.4 Å². The molecule has 0 aliphatic carbocycles. The zero-order valence-electron chi connectivity index (χ0n) is 16.2. The molecule has 3 rings (SSSR count). The number of tetrazole rings is 1. The molecule has 0 saturated carbocycles. The zero-order chi connectivity index (χ0) is 19.9. The van der Waals surface area contributed by atoms with Gasteiger partial charge in [-0.05, 0) is 46.8 Å². The zero-order valence-corrected chi connectivity index (χ0v) is 17.8. The van der Waals surface area contributed by atoms with E-state index in [2.05, 4.69) is 15.5 Å². The Labute approximate surface area is 172 Å². The van der Waals surface area contributed by atoms with Gasteiger partial charge in [0.25, 0.3) is 0 Å². The summed E-state index contributed by atoms with van der Waals surface area (Å²) in [6, 6.07) is 10.1. The second-order valence-corrected chi connectivity index (χ2v) is 8.26. The minimum absolute atomic E-state index is 0.0338. The lowest BCUT2D eigenvalue weighted by Crippen LogP contribution is -2.34. The van der Waals surface area contributed by atoms with Gasteiger partial charge in [-0.3, -0.25) is 4.79 Å². The van der Waals surface area contributed by atoms with Crippen LogP contribution in [-0.4, -0.2) is 57.0 Å². The topological polar surface area (TPSA) is 73.1 Å². The van der Waals surface area contributed by atoms with Crippen molar-refractivity contribution in [1.29, 1.82) is 0 Å². The van der Waals surface area contributed by atoms with Crippen LogP contribution >= 0.6 is 23.1 Å². The maximum atomic E-state index is 12.8. The molecule has 0 unspecified atom stereocenters. The lowest BCUT2D eigenvalue weighted by molar-refractivity contribution is -0.129. The van der Waals surface area contributed by atoms with Gasteiger partial charge in [0.2, 0.25) is 11.1 Å².